The molecule has 0 N–H and O–H groups in total. The smallest absolute Gasteiger partial charge is 0.0570 e. The second-order valence-corrected chi connectivity index (χ2v) is 30.8. The number of fused-ring (bicyclic) bond motifs is 18. The Morgan fingerprint density at radius 3 is 0.877 bits per heavy atom. The lowest BCUT2D eigenvalue weighted by molar-refractivity contribution is 1.01. The Morgan fingerprint density at radius 2 is 0.430 bits per heavy atom. The molecule has 6 heterocycles. The summed E-state index contributed by atoms with van der Waals surface area (Å²) in [4.78, 5) is 0. The minimum Gasteiger partial charge on any atom is -0.344 e. The molecular weight excluding hydrogens is 1380 g/mol. The maximum atomic E-state index is 2.40. The molecule has 0 aliphatic heterocycles. The normalized spacial score (nSPS) is 11.3. The highest BCUT2D eigenvalue weighted by Crippen LogP contribution is 2.40. The van der Waals surface area contributed by atoms with Crippen LogP contribution in [0.2, 0.25) is 0 Å². The molecule has 0 bridgehead atoms. The van der Waals surface area contributed by atoms with Gasteiger partial charge in [-0.15, -0.1) is 0 Å². The van der Waals surface area contributed by atoms with E-state index in [-0.39, 0.29) is 0 Å². The van der Waals surface area contributed by atoms with Crippen LogP contribution in [0.3, 0.4) is 0 Å². The SMILES string of the molecule is Cc1ccc2c(c1)c1cc(C)ccc1n2-c1ccccc1.Cc1ccc2c(c1)c1ccccc1n2C.Cc1ccc2c3ccc(C)cc3n(-c3ccccc3)c2c1.Cc1cccc2c1c1c(C)cccc1n2-c1ccccc1.Cc1cccc2c1c1ccccc1n2C.Cc1cccc2c3cccc(C)c3n(-c3ccccc3)c12. The first kappa shape index (κ1) is 73.1. The average molecular weight is 1480 g/mol. The van der Waals surface area contributed by atoms with Gasteiger partial charge in [-0.1, -0.05) is 241 Å². The predicted molar refractivity (Wildman–Crippen MR) is 491 cm³/mol. The van der Waals surface area contributed by atoms with E-state index in [2.05, 4.69) is 463 Å². The molecule has 0 fully saturated rings. The van der Waals surface area contributed by atoms with Crippen LogP contribution >= 0.6 is 0 Å². The van der Waals surface area contributed by atoms with Gasteiger partial charge < -0.3 is 27.4 Å². The minimum atomic E-state index is 1.21. The van der Waals surface area contributed by atoms with Crippen LogP contribution < -0.4 is 0 Å². The Morgan fingerprint density at radius 1 is 0.158 bits per heavy atom. The lowest BCUT2D eigenvalue weighted by atomic mass is 10.0. The van der Waals surface area contributed by atoms with E-state index >= 15 is 0 Å². The van der Waals surface area contributed by atoms with Gasteiger partial charge in [-0.3, -0.25) is 0 Å². The molecule has 0 saturated heterocycles. The number of para-hydroxylation sites is 8. The number of rotatable bonds is 4. The van der Waals surface area contributed by atoms with Crippen molar-refractivity contribution in [3.8, 4) is 22.7 Å². The van der Waals surface area contributed by atoms with Gasteiger partial charge in [-0.2, -0.15) is 0 Å². The van der Waals surface area contributed by atoms with Crippen LogP contribution in [-0.2, 0) is 14.1 Å². The minimum absolute atomic E-state index is 1.21. The Bertz CT molecular complexity index is 7060. The monoisotopic (exact) mass is 1470 g/mol. The molecule has 556 valence electrons. The highest BCUT2D eigenvalue weighted by molar-refractivity contribution is 6.15. The van der Waals surface area contributed by atoms with Crippen molar-refractivity contribution >= 4 is 131 Å². The van der Waals surface area contributed by atoms with Crippen molar-refractivity contribution in [1.82, 2.24) is 27.4 Å². The molecule has 6 aromatic heterocycles. The zero-order valence-corrected chi connectivity index (χ0v) is 67.2. The number of nitrogens with zero attached hydrogens (tertiary/aromatic N) is 6. The van der Waals surface area contributed by atoms with Gasteiger partial charge in [-0.05, 0) is 236 Å². The standard InChI is InChI=1S/4C20H17N.2C14H13N/c1-14-8-6-12-17-19(14)20-15(2)9-7-13-18(20)21(17)16-10-4-3-5-11-16;1-14-8-6-12-17-18-13-7-9-15(2)20(18)21(19(14)17)16-10-4-3-5-11-16;1-14-8-10-19-17(12-14)18-13-15(2)9-11-20(18)21(19)16-6-4-3-5-7-16;1-14-8-10-17-18-11-9-15(2)13-20(18)21(19(17)12-14)16-6-4-3-5-7-16;1-10-6-5-9-13-14(10)11-7-3-4-8-12(11)15(13)2;1-10-7-8-14-12(9-10)11-5-3-4-6-13(11)15(14)2/h4*3-13H,1-2H3;2*3-9H,1-2H3. The van der Waals surface area contributed by atoms with Gasteiger partial charge in [0.15, 0.2) is 0 Å². The van der Waals surface area contributed by atoms with Crippen molar-refractivity contribution in [2.75, 3.05) is 0 Å². The summed E-state index contributed by atoms with van der Waals surface area (Å²) in [6, 6.07) is 126. The average Bonchev–Trinajstić information content (AvgIpc) is 1.59. The highest BCUT2D eigenvalue weighted by Gasteiger charge is 2.19. The van der Waals surface area contributed by atoms with E-state index < -0.39 is 0 Å². The molecule has 114 heavy (non-hydrogen) atoms. The van der Waals surface area contributed by atoms with Crippen LogP contribution in [0, 0.1) is 69.2 Å². The number of hydrogen-bond donors (Lipinski definition) is 0. The lowest BCUT2D eigenvalue weighted by Crippen LogP contribution is -1.96. The molecule has 6 heteroatoms. The Kier molecular flexibility index (Phi) is 19.8. The molecule has 0 saturated carbocycles. The van der Waals surface area contributed by atoms with E-state index in [1.54, 1.807) is 0 Å². The first-order valence-electron chi connectivity index (χ1n) is 39.7. The second-order valence-electron chi connectivity index (χ2n) is 30.8. The van der Waals surface area contributed by atoms with Crippen LogP contribution in [-0.4, -0.2) is 27.4 Å². The van der Waals surface area contributed by atoms with E-state index in [1.807, 2.05) is 0 Å². The molecule has 0 spiro atoms. The van der Waals surface area contributed by atoms with E-state index in [0.717, 1.165) is 0 Å². The number of benzene rings is 16. The van der Waals surface area contributed by atoms with E-state index in [1.165, 1.54) is 209 Å². The third-order valence-electron chi connectivity index (χ3n) is 22.9. The molecule has 0 unspecified atom stereocenters. The fourth-order valence-corrected chi connectivity index (χ4v) is 17.5. The number of hydrogen-bond acceptors (Lipinski definition) is 0. The van der Waals surface area contributed by atoms with Crippen molar-refractivity contribution in [3.63, 3.8) is 0 Å². The van der Waals surface area contributed by atoms with Gasteiger partial charge in [-0.25, -0.2) is 0 Å². The summed E-state index contributed by atoms with van der Waals surface area (Å²) < 4.78 is 14.0. The molecule has 0 atom stereocenters. The Balaban J connectivity index is 0.0000000994. The van der Waals surface area contributed by atoms with Crippen molar-refractivity contribution in [2.24, 2.45) is 14.1 Å². The summed E-state index contributed by atoms with van der Waals surface area (Å²) in [6.07, 6.45) is 0. The van der Waals surface area contributed by atoms with Crippen LogP contribution in [0.15, 0.2) is 352 Å². The largest absolute Gasteiger partial charge is 0.344 e. The molecule has 22 aromatic rings. The van der Waals surface area contributed by atoms with Gasteiger partial charge in [0.25, 0.3) is 0 Å². The molecular formula is C108H94N6. The van der Waals surface area contributed by atoms with Crippen molar-refractivity contribution in [3.05, 3.63) is 407 Å². The molecule has 0 aliphatic carbocycles. The molecule has 0 amide bonds. The van der Waals surface area contributed by atoms with Crippen molar-refractivity contribution < 1.29 is 0 Å². The molecule has 0 aliphatic rings. The van der Waals surface area contributed by atoms with Crippen molar-refractivity contribution in [2.45, 2.75) is 69.2 Å². The topological polar surface area (TPSA) is 29.6 Å². The van der Waals surface area contributed by atoms with Gasteiger partial charge >= 0.3 is 0 Å². The maximum absolute atomic E-state index is 2.40. The summed E-state index contributed by atoms with van der Waals surface area (Å²) in [5.74, 6) is 0. The number of aromatic nitrogens is 6. The third-order valence-corrected chi connectivity index (χ3v) is 22.9. The third kappa shape index (κ3) is 13.4. The number of aryl methyl sites for hydroxylation is 12. The summed E-state index contributed by atoms with van der Waals surface area (Å²) in [5, 5.41) is 16.1. The summed E-state index contributed by atoms with van der Waals surface area (Å²) in [5.41, 5.74) is 33.5. The van der Waals surface area contributed by atoms with Gasteiger partial charge in [0.05, 0.1) is 44.1 Å². The van der Waals surface area contributed by atoms with Gasteiger partial charge in [0, 0.05) is 124 Å². The summed E-state index contributed by atoms with van der Waals surface area (Å²) >= 11 is 0. The maximum Gasteiger partial charge on any atom is 0.0570 e. The van der Waals surface area contributed by atoms with Crippen LogP contribution in [0.4, 0.5) is 0 Å². The summed E-state index contributed by atoms with van der Waals surface area (Å²) in [7, 11) is 4.25. The van der Waals surface area contributed by atoms with Crippen LogP contribution in [0.1, 0.15) is 55.6 Å². The fourth-order valence-electron chi connectivity index (χ4n) is 17.5. The molecule has 22 rings (SSSR count). The first-order valence-corrected chi connectivity index (χ1v) is 39.7. The van der Waals surface area contributed by atoms with Gasteiger partial charge in [0.2, 0.25) is 0 Å². The zero-order chi connectivity index (χ0) is 78.4. The fraction of sp³-hybridized carbons (Fsp3) is 0.111. The molecule has 0 radical (unpaired) electrons. The predicted octanol–water partition coefficient (Wildman–Crippen LogP) is 28.9. The van der Waals surface area contributed by atoms with E-state index in [0.29, 0.717) is 0 Å². The first-order chi connectivity index (χ1) is 55.6. The zero-order valence-electron chi connectivity index (χ0n) is 67.2. The quantitative estimate of drug-likeness (QED) is 0.168. The van der Waals surface area contributed by atoms with E-state index in [4.69, 9.17) is 0 Å². The van der Waals surface area contributed by atoms with Crippen molar-refractivity contribution in [1.29, 1.82) is 0 Å². The second kappa shape index (κ2) is 30.9. The highest BCUT2D eigenvalue weighted by atomic mass is 15.0. The Labute approximate surface area is 667 Å². The lowest BCUT2D eigenvalue weighted by Gasteiger charge is -2.10. The van der Waals surface area contributed by atoms with Crippen LogP contribution in [0.25, 0.3) is 154 Å². The summed E-state index contributed by atoms with van der Waals surface area (Å²) in [6.45, 7) is 21.7. The van der Waals surface area contributed by atoms with E-state index in [9.17, 15) is 0 Å². The Hall–Kier alpha value is -13.7. The van der Waals surface area contributed by atoms with Crippen LogP contribution in [0.5, 0.6) is 0 Å². The molecule has 16 aromatic carbocycles. The van der Waals surface area contributed by atoms with Gasteiger partial charge in [0.1, 0.15) is 0 Å². The molecule has 6 nitrogen and oxygen atoms in total.